The van der Waals surface area contributed by atoms with Crippen LogP contribution in [0.1, 0.15) is 12.0 Å². The Labute approximate surface area is 80.1 Å². The van der Waals surface area contributed by atoms with Gasteiger partial charge in [0.05, 0.1) is 12.7 Å². The highest BCUT2D eigenvalue weighted by molar-refractivity contribution is 6.59. The zero-order valence-corrected chi connectivity index (χ0v) is 7.45. The van der Waals surface area contributed by atoms with Crippen LogP contribution in [-0.4, -0.2) is 24.3 Å². The maximum Gasteiger partial charge on any atom is 0.489 e. The lowest BCUT2D eigenvalue weighted by molar-refractivity contribution is 0.148. The average molecular weight is 202 g/mol. The standard InChI is InChI=1S/C8H9BF2O3/c1-14-6-4-2-3-5(9(12)13)7(6)8(10)11/h2-4,8,12-13H,1H3. The minimum atomic E-state index is -2.80. The van der Waals surface area contributed by atoms with Crippen molar-refractivity contribution in [2.24, 2.45) is 0 Å². The highest BCUT2D eigenvalue weighted by atomic mass is 19.3. The van der Waals surface area contributed by atoms with E-state index < -0.39 is 19.1 Å². The van der Waals surface area contributed by atoms with Gasteiger partial charge in [-0.3, -0.25) is 0 Å². The summed E-state index contributed by atoms with van der Waals surface area (Å²) in [6, 6.07) is 3.97. The maximum atomic E-state index is 12.5. The Bertz CT molecular complexity index is 317. The molecule has 0 fully saturated rings. The molecular formula is C8H9BF2O3. The molecule has 0 heterocycles. The van der Waals surface area contributed by atoms with Gasteiger partial charge in [-0.15, -0.1) is 0 Å². The van der Waals surface area contributed by atoms with Gasteiger partial charge in [-0.25, -0.2) is 8.78 Å². The summed E-state index contributed by atoms with van der Waals surface area (Å²) in [5.41, 5.74) is -0.718. The van der Waals surface area contributed by atoms with Gasteiger partial charge in [0.2, 0.25) is 0 Å². The fourth-order valence-corrected chi connectivity index (χ4v) is 1.20. The molecule has 3 nitrogen and oxygen atoms in total. The number of alkyl halides is 2. The van der Waals surface area contributed by atoms with Gasteiger partial charge >= 0.3 is 7.12 Å². The molecule has 1 rings (SSSR count). The molecule has 1 aromatic rings. The molecule has 0 radical (unpaired) electrons. The number of benzene rings is 1. The Kier molecular flexibility index (Phi) is 3.43. The van der Waals surface area contributed by atoms with E-state index in [1.165, 1.54) is 25.3 Å². The average Bonchev–Trinajstić information content (AvgIpc) is 2.16. The van der Waals surface area contributed by atoms with E-state index in [0.717, 1.165) is 0 Å². The minimum Gasteiger partial charge on any atom is -0.496 e. The van der Waals surface area contributed by atoms with Crippen molar-refractivity contribution in [2.45, 2.75) is 6.43 Å². The Hall–Kier alpha value is -1.14. The summed E-state index contributed by atoms with van der Waals surface area (Å²) in [7, 11) is -0.677. The Morgan fingerprint density at radius 1 is 1.36 bits per heavy atom. The molecule has 0 aliphatic heterocycles. The third kappa shape index (κ3) is 2.02. The van der Waals surface area contributed by atoms with E-state index in [4.69, 9.17) is 14.8 Å². The highest BCUT2D eigenvalue weighted by Crippen LogP contribution is 2.26. The smallest absolute Gasteiger partial charge is 0.489 e. The monoisotopic (exact) mass is 202 g/mol. The topological polar surface area (TPSA) is 49.7 Å². The largest absolute Gasteiger partial charge is 0.496 e. The van der Waals surface area contributed by atoms with Gasteiger partial charge in [0.1, 0.15) is 5.75 Å². The first-order valence-electron chi connectivity index (χ1n) is 3.89. The summed E-state index contributed by atoms with van der Waals surface area (Å²) >= 11 is 0. The molecule has 0 saturated heterocycles. The number of rotatable bonds is 3. The van der Waals surface area contributed by atoms with E-state index in [2.05, 4.69) is 0 Å². The maximum absolute atomic E-state index is 12.5. The summed E-state index contributed by atoms with van der Waals surface area (Å²) in [4.78, 5) is 0. The quantitative estimate of drug-likeness (QED) is 0.693. The molecule has 0 bridgehead atoms. The predicted molar refractivity (Wildman–Crippen MR) is 47.8 cm³/mol. The van der Waals surface area contributed by atoms with Crippen LogP contribution in [0.15, 0.2) is 18.2 Å². The van der Waals surface area contributed by atoms with Crippen molar-refractivity contribution in [2.75, 3.05) is 7.11 Å². The SMILES string of the molecule is COc1cccc(B(O)O)c1C(F)F. The van der Waals surface area contributed by atoms with Crippen LogP contribution in [0, 0.1) is 0 Å². The fourth-order valence-electron chi connectivity index (χ4n) is 1.20. The molecule has 0 spiro atoms. The van der Waals surface area contributed by atoms with Crippen LogP contribution < -0.4 is 10.2 Å². The lowest BCUT2D eigenvalue weighted by Gasteiger charge is -2.12. The van der Waals surface area contributed by atoms with E-state index in [-0.39, 0.29) is 11.2 Å². The van der Waals surface area contributed by atoms with Gasteiger partial charge in [0.15, 0.2) is 0 Å². The van der Waals surface area contributed by atoms with E-state index in [9.17, 15) is 8.78 Å². The predicted octanol–water partition coefficient (Wildman–Crippen LogP) is 0.313. The number of hydrogen-bond acceptors (Lipinski definition) is 3. The molecule has 0 aromatic heterocycles. The molecule has 0 aliphatic carbocycles. The second-order valence-electron chi connectivity index (χ2n) is 2.64. The summed E-state index contributed by atoms with van der Waals surface area (Å²) < 4.78 is 29.8. The molecule has 0 atom stereocenters. The Morgan fingerprint density at radius 2 is 2.00 bits per heavy atom. The second-order valence-corrected chi connectivity index (χ2v) is 2.64. The van der Waals surface area contributed by atoms with Gasteiger partial charge in [-0.1, -0.05) is 12.1 Å². The van der Waals surface area contributed by atoms with E-state index in [1.54, 1.807) is 0 Å². The molecule has 6 heteroatoms. The number of halogens is 2. The number of hydrogen-bond donors (Lipinski definition) is 2. The van der Waals surface area contributed by atoms with E-state index in [1.807, 2.05) is 0 Å². The lowest BCUT2D eigenvalue weighted by Crippen LogP contribution is -2.33. The minimum absolute atomic E-state index is 0.0504. The summed E-state index contributed by atoms with van der Waals surface area (Å²) in [6.07, 6.45) is -2.80. The Morgan fingerprint density at radius 3 is 2.43 bits per heavy atom. The van der Waals surface area contributed by atoms with Crippen molar-refractivity contribution in [1.82, 2.24) is 0 Å². The summed E-state index contributed by atoms with van der Waals surface area (Å²) in [6.45, 7) is 0. The van der Waals surface area contributed by atoms with Gasteiger partial charge in [-0.2, -0.15) is 0 Å². The van der Waals surface area contributed by atoms with Crippen LogP contribution in [0.4, 0.5) is 8.78 Å². The highest BCUT2D eigenvalue weighted by Gasteiger charge is 2.24. The number of methoxy groups -OCH3 is 1. The fraction of sp³-hybridized carbons (Fsp3) is 0.250. The first-order chi connectivity index (χ1) is 6.57. The van der Waals surface area contributed by atoms with Gasteiger partial charge < -0.3 is 14.8 Å². The van der Waals surface area contributed by atoms with Crippen LogP contribution >= 0.6 is 0 Å². The van der Waals surface area contributed by atoms with E-state index >= 15 is 0 Å². The molecule has 2 N–H and O–H groups in total. The van der Waals surface area contributed by atoms with Gasteiger partial charge in [-0.05, 0) is 11.5 Å². The van der Waals surface area contributed by atoms with Crippen molar-refractivity contribution in [3.8, 4) is 5.75 Å². The molecule has 0 aliphatic rings. The third-order valence-electron chi connectivity index (χ3n) is 1.82. The molecular weight excluding hydrogens is 193 g/mol. The van der Waals surface area contributed by atoms with E-state index in [0.29, 0.717) is 0 Å². The summed E-state index contributed by atoms with van der Waals surface area (Å²) in [5, 5.41) is 17.7. The first-order valence-corrected chi connectivity index (χ1v) is 3.89. The van der Waals surface area contributed by atoms with Crippen molar-refractivity contribution in [1.29, 1.82) is 0 Å². The molecule has 0 unspecified atom stereocenters. The van der Waals surface area contributed by atoms with Crippen molar-refractivity contribution < 1.29 is 23.6 Å². The molecule has 0 saturated carbocycles. The lowest BCUT2D eigenvalue weighted by atomic mass is 9.77. The van der Waals surface area contributed by atoms with Crippen LogP contribution in [0.3, 0.4) is 0 Å². The number of ether oxygens (including phenoxy) is 1. The molecule has 76 valence electrons. The normalized spacial score (nSPS) is 10.4. The van der Waals surface area contributed by atoms with Gasteiger partial charge in [0.25, 0.3) is 6.43 Å². The van der Waals surface area contributed by atoms with Gasteiger partial charge in [0, 0.05) is 0 Å². The zero-order valence-electron chi connectivity index (χ0n) is 7.45. The third-order valence-corrected chi connectivity index (χ3v) is 1.82. The van der Waals surface area contributed by atoms with Crippen molar-refractivity contribution >= 4 is 12.6 Å². The first kappa shape index (κ1) is 10.9. The van der Waals surface area contributed by atoms with Crippen molar-refractivity contribution in [3.05, 3.63) is 23.8 Å². The zero-order chi connectivity index (χ0) is 10.7. The Balaban J connectivity index is 3.28. The van der Waals surface area contributed by atoms with Crippen LogP contribution in [-0.2, 0) is 0 Å². The van der Waals surface area contributed by atoms with Crippen LogP contribution in [0.2, 0.25) is 0 Å². The van der Waals surface area contributed by atoms with Crippen LogP contribution in [0.5, 0.6) is 5.75 Å². The summed E-state index contributed by atoms with van der Waals surface area (Å²) in [5.74, 6) is -0.0504. The molecule has 14 heavy (non-hydrogen) atoms. The van der Waals surface area contributed by atoms with Crippen molar-refractivity contribution in [3.63, 3.8) is 0 Å². The van der Waals surface area contributed by atoms with Crippen LogP contribution in [0.25, 0.3) is 0 Å². The molecule has 1 aromatic carbocycles. The second kappa shape index (κ2) is 4.39. The molecule has 0 amide bonds.